The van der Waals surface area contributed by atoms with Crippen LogP contribution in [0.5, 0.6) is 17.6 Å². The highest BCUT2D eigenvalue weighted by molar-refractivity contribution is 6.01. The summed E-state index contributed by atoms with van der Waals surface area (Å²) in [5, 5.41) is 11.9. The first-order valence-corrected chi connectivity index (χ1v) is 16.9. The molecule has 0 radical (unpaired) electrons. The first-order chi connectivity index (χ1) is 22.7. The van der Waals surface area contributed by atoms with Gasteiger partial charge in [-0.05, 0) is 92.1 Å². The van der Waals surface area contributed by atoms with Crippen molar-refractivity contribution >= 4 is 21.7 Å². The molecule has 8 rings (SSSR count). The van der Waals surface area contributed by atoms with Gasteiger partial charge in [0.15, 0.2) is 5.82 Å². The first-order valence-electron chi connectivity index (χ1n) is 16.9. The third kappa shape index (κ3) is 5.08. The van der Waals surface area contributed by atoms with Gasteiger partial charge in [0.05, 0.1) is 16.5 Å². The van der Waals surface area contributed by atoms with Crippen molar-refractivity contribution < 1.29 is 27.8 Å². The number of fused-ring (bicyclic) bond motifs is 4. The van der Waals surface area contributed by atoms with Crippen LogP contribution in [-0.4, -0.2) is 86.5 Å². The first kappa shape index (κ1) is 30.6. The van der Waals surface area contributed by atoms with Crippen LogP contribution in [0.4, 0.5) is 13.2 Å². The summed E-state index contributed by atoms with van der Waals surface area (Å²) in [6, 6.07) is 5.86. The van der Waals surface area contributed by atoms with Crippen LogP contribution >= 0.6 is 0 Å². The monoisotopic (exact) mass is 647 g/mol. The Hall–Kier alpha value is -3.70. The standard InChI is InChI=1S/C36H40F3N5O3/c1-3-25-28(38)7-6-22-12-24(45)13-26(29(22)25)31-30(39)32-27(16-40-31)33(46-19-36-9-5-11-44(36)18-23(37)15-36)42-34(41-32)47-20-35-8-4-10-43(35)17-21(2)14-35/h6-7,12-13,16,21,23,45H,3-5,8-11,14-15,17-20H2,1-2H3/t21-,23-,35+,36+/m1/s1. The number of halogens is 3. The van der Waals surface area contributed by atoms with E-state index in [2.05, 4.69) is 31.7 Å². The van der Waals surface area contributed by atoms with E-state index in [9.17, 15) is 13.9 Å². The summed E-state index contributed by atoms with van der Waals surface area (Å²) in [6.45, 7) is 7.90. The summed E-state index contributed by atoms with van der Waals surface area (Å²) in [5.74, 6) is -0.569. The molecule has 8 nitrogen and oxygen atoms in total. The smallest absolute Gasteiger partial charge is 0.320 e. The van der Waals surface area contributed by atoms with Gasteiger partial charge in [0.1, 0.15) is 42.2 Å². The Morgan fingerprint density at radius 1 is 0.979 bits per heavy atom. The molecule has 6 heterocycles. The van der Waals surface area contributed by atoms with Gasteiger partial charge in [-0.3, -0.25) is 14.8 Å². The lowest BCUT2D eigenvalue weighted by atomic mass is 9.92. The van der Waals surface area contributed by atoms with E-state index < -0.39 is 23.3 Å². The van der Waals surface area contributed by atoms with Crippen LogP contribution in [0.2, 0.25) is 0 Å². The lowest BCUT2D eigenvalue weighted by Crippen LogP contribution is -2.44. The maximum absolute atomic E-state index is 16.8. The van der Waals surface area contributed by atoms with E-state index in [1.165, 1.54) is 24.4 Å². The van der Waals surface area contributed by atoms with Gasteiger partial charge in [0.25, 0.3) is 0 Å². The number of phenolic OH excluding ortho intramolecular Hbond substituents is 1. The Balaban J connectivity index is 1.23. The van der Waals surface area contributed by atoms with Gasteiger partial charge in [-0.2, -0.15) is 9.97 Å². The van der Waals surface area contributed by atoms with Gasteiger partial charge in [0, 0.05) is 31.3 Å². The summed E-state index contributed by atoms with van der Waals surface area (Å²) >= 11 is 0. The number of alkyl halides is 1. The molecule has 248 valence electrons. The molecular weight excluding hydrogens is 607 g/mol. The molecule has 0 bridgehead atoms. The van der Waals surface area contributed by atoms with Crippen LogP contribution in [0, 0.1) is 17.6 Å². The predicted molar refractivity (Wildman–Crippen MR) is 173 cm³/mol. The number of rotatable bonds is 8. The zero-order valence-corrected chi connectivity index (χ0v) is 26.9. The highest BCUT2D eigenvalue weighted by atomic mass is 19.1. The van der Waals surface area contributed by atoms with Crippen LogP contribution in [0.3, 0.4) is 0 Å². The summed E-state index contributed by atoms with van der Waals surface area (Å²) in [6.07, 6.45) is 6.18. The molecule has 11 heteroatoms. The van der Waals surface area contributed by atoms with Crippen LogP contribution in [0.15, 0.2) is 30.5 Å². The SMILES string of the molecule is CCc1c(F)ccc2cc(O)cc(-c3ncc4c(OC[C@@]56CCCN5C[C@H](F)C6)nc(OC[C@@]56CCCN5C[C@H](C)C6)nc4c3F)c12. The number of hydrogen-bond acceptors (Lipinski definition) is 8. The highest BCUT2D eigenvalue weighted by Crippen LogP contribution is 2.44. The summed E-state index contributed by atoms with van der Waals surface area (Å²) in [7, 11) is 0. The molecule has 4 saturated heterocycles. The molecule has 2 aromatic carbocycles. The number of nitrogens with zero attached hydrogens (tertiary/aromatic N) is 5. The molecule has 2 aromatic heterocycles. The van der Waals surface area contributed by atoms with Crippen LogP contribution in [-0.2, 0) is 6.42 Å². The number of benzene rings is 2. The average Bonchev–Trinajstić information content (AvgIpc) is 3.77. The maximum atomic E-state index is 16.8. The van der Waals surface area contributed by atoms with E-state index in [-0.39, 0.29) is 51.9 Å². The van der Waals surface area contributed by atoms with E-state index in [0.717, 1.165) is 51.7 Å². The largest absolute Gasteiger partial charge is 0.508 e. The van der Waals surface area contributed by atoms with Crippen LogP contribution < -0.4 is 9.47 Å². The number of aryl methyl sites for hydroxylation is 1. The molecule has 0 saturated carbocycles. The van der Waals surface area contributed by atoms with Gasteiger partial charge in [-0.25, -0.2) is 13.2 Å². The zero-order chi connectivity index (χ0) is 32.5. The number of aromatic nitrogens is 3. The second-order valence-electron chi connectivity index (χ2n) is 14.2. The molecule has 4 atom stereocenters. The Bertz CT molecular complexity index is 1880. The van der Waals surface area contributed by atoms with Crippen molar-refractivity contribution in [3.63, 3.8) is 0 Å². The molecular formula is C36H40F3N5O3. The molecule has 4 aromatic rings. The molecule has 47 heavy (non-hydrogen) atoms. The summed E-state index contributed by atoms with van der Waals surface area (Å²) < 4.78 is 59.0. The van der Waals surface area contributed by atoms with Crippen LogP contribution in [0.1, 0.15) is 57.9 Å². The second kappa shape index (κ2) is 11.5. The predicted octanol–water partition coefficient (Wildman–Crippen LogP) is 6.60. The van der Waals surface area contributed by atoms with Gasteiger partial charge in [-0.15, -0.1) is 0 Å². The number of phenols is 1. The Kier molecular flexibility index (Phi) is 7.48. The topological polar surface area (TPSA) is 83.8 Å². The number of aromatic hydroxyl groups is 1. The van der Waals surface area contributed by atoms with Crippen molar-refractivity contribution in [1.29, 1.82) is 0 Å². The van der Waals surface area contributed by atoms with E-state index in [4.69, 9.17) is 9.47 Å². The van der Waals surface area contributed by atoms with Crippen molar-refractivity contribution in [1.82, 2.24) is 24.8 Å². The lowest BCUT2D eigenvalue weighted by Gasteiger charge is -2.32. The quantitative estimate of drug-likeness (QED) is 0.229. The fourth-order valence-electron chi connectivity index (χ4n) is 9.08. The molecule has 4 fully saturated rings. The average molecular weight is 648 g/mol. The second-order valence-corrected chi connectivity index (χ2v) is 14.2. The number of pyridine rings is 1. The molecule has 4 aliphatic rings. The number of hydrogen-bond donors (Lipinski definition) is 1. The van der Waals surface area contributed by atoms with Gasteiger partial charge in [-0.1, -0.05) is 19.9 Å². The summed E-state index contributed by atoms with van der Waals surface area (Å²) in [5.41, 5.74) is 0.0104. The maximum Gasteiger partial charge on any atom is 0.320 e. The third-order valence-electron chi connectivity index (χ3n) is 11.1. The van der Waals surface area contributed by atoms with E-state index >= 15 is 4.39 Å². The van der Waals surface area contributed by atoms with Crippen molar-refractivity contribution in [3.05, 3.63) is 47.7 Å². The molecule has 1 N–H and O–H groups in total. The van der Waals surface area contributed by atoms with Gasteiger partial charge < -0.3 is 14.6 Å². The van der Waals surface area contributed by atoms with E-state index in [0.29, 0.717) is 48.2 Å². The van der Waals surface area contributed by atoms with Crippen molar-refractivity contribution in [2.24, 2.45) is 5.92 Å². The van der Waals surface area contributed by atoms with Gasteiger partial charge in [0.2, 0.25) is 5.88 Å². The molecule has 0 spiro atoms. The highest BCUT2D eigenvalue weighted by Gasteiger charge is 2.50. The molecule has 0 amide bonds. The van der Waals surface area contributed by atoms with Gasteiger partial charge >= 0.3 is 6.01 Å². The summed E-state index contributed by atoms with van der Waals surface area (Å²) in [4.78, 5) is 18.4. The fraction of sp³-hybridized carbons (Fsp3) is 0.528. The normalized spacial score (nSPS) is 27.6. The Labute approximate surface area is 271 Å². The minimum Gasteiger partial charge on any atom is -0.508 e. The Morgan fingerprint density at radius 2 is 1.72 bits per heavy atom. The van der Waals surface area contributed by atoms with E-state index in [1.54, 1.807) is 6.07 Å². The lowest BCUT2D eigenvalue weighted by molar-refractivity contribution is 0.101. The minimum absolute atomic E-state index is 0.000884. The molecule has 0 unspecified atom stereocenters. The number of ether oxygens (including phenoxy) is 2. The van der Waals surface area contributed by atoms with Crippen LogP contribution in [0.25, 0.3) is 32.9 Å². The van der Waals surface area contributed by atoms with Crippen molar-refractivity contribution in [2.45, 2.75) is 76.0 Å². The third-order valence-corrected chi connectivity index (χ3v) is 11.1. The Morgan fingerprint density at radius 3 is 2.51 bits per heavy atom. The van der Waals surface area contributed by atoms with E-state index in [1.807, 2.05) is 6.92 Å². The fourth-order valence-corrected chi connectivity index (χ4v) is 9.08. The molecule has 4 aliphatic heterocycles. The minimum atomic E-state index is -0.918. The zero-order valence-electron chi connectivity index (χ0n) is 26.9. The molecule has 0 aliphatic carbocycles. The van der Waals surface area contributed by atoms with Crippen molar-refractivity contribution in [3.8, 4) is 28.9 Å². The van der Waals surface area contributed by atoms with Crippen molar-refractivity contribution in [2.75, 3.05) is 39.4 Å².